The number of carbonyl (C=O) groups excluding carboxylic acids is 1. The van der Waals surface area contributed by atoms with Crippen molar-refractivity contribution in [2.75, 3.05) is 13.7 Å². The summed E-state index contributed by atoms with van der Waals surface area (Å²) in [6.45, 7) is 0.693. The van der Waals surface area contributed by atoms with Crippen LogP contribution in [0.15, 0.2) is 42.7 Å². The summed E-state index contributed by atoms with van der Waals surface area (Å²) in [6.07, 6.45) is 7.20. The van der Waals surface area contributed by atoms with Gasteiger partial charge in [-0.2, -0.15) is 0 Å². The zero-order chi connectivity index (χ0) is 16.1. The third-order valence-electron chi connectivity index (χ3n) is 4.42. The number of hydrogen-bond donors (Lipinski definition) is 1. The lowest BCUT2D eigenvalue weighted by Crippen LogP contribution is -2.31. The Balaban J connectivity index is 1.60. The highest BCUT2D eigenvalue weighted by atomic mass is 16.5. The van der Waals surface area contributed by atoms with Crippen molar-refractivity contribution in [3.8, 4) is 5.75 Å². The first-order valence-corrected chi connectivity index (χ1v) is 8.08. The standard InChI is InChI=1S/C19H22N2O2/c1-23-17-7-8-18-15(11-17)5-2-6-16(18)13-21-19(22)10-14-4-3-9-20-12-14/h3-4,7-9,11-12,16H,2,5-6,10,13H2,1H3,(H,21,22)/t16-/m0/s1. The summed E-state index contributed by atoms with van der Waals surface area (Å²) in [5.41, 5.74) is 3.64. The molecule has 0 spiro atoms. The van der Waals surface area contributed by atoms with Gasteiger partial charge < -0.3 is 10.1 Å². The molecule has 2 aromatic rings. The molecule has 1 aromatic carbocycles. The number of carbonyl (C=O) groups is 1. The average Bonchev–Trinajstić information content (AvgIpc) is 2.60. The summed E-state index contributed by atoms with van der Waals surface area (Å²) < 4.78 is 5.30. The number of rotatable bonds is 5. The van der Waals surface area contributed by atoms with Crippen LogP contribution in [0, 0.1) is 0 Å². The summed E-state index contributed by atoms with van der Waals surface area (Å²) >= 11 is 0. The molecule has 0 aliphatic heterocycles. The Morgan fingerprint density at radius 3 is 3.09 bits per heavy atom. The zero-order valence-corrected chi connectivity index (χ0v) is 13.4. The van der Waals surface area contributed by atoms with E-state index in [-0.39, 0.29) is 5.91 Å². The molecule has 0 saturated carbocycles. The SMILES string of the molecule is COc1ccc2c(c1)CCC[C@H]2CNC(=O)Cc1cccnc1. The molecule has 0 saturated heterocycles. The first-order chi connectivity index (χ1) is 11.3. The fraction of sp³-hybridized carbons (Fsp3) is 0.368. The van der Waals surface area contributed by atoms with Gasteiger partial charge in [0.05, 0.1) is 13.5 Å². The van der Waals surface area contributed by atoms with E-state index in [1.807, 2.05) is 18.2 Å². The van der Waals surface area contributed by atoms with Gasteiger partial charge in [0.25, 0.3) is 0 Å². The maximum absolute atomic E-state index is 12.1. The number of benzene rings is 1. The predicted octanol–water partition coefficient (Wildman–Crippen LogP) is 2.87. The molecule has 0 radical (unpaired) electrons. The van der Waals surface area contributed by atoms with E-state index in [0.717, 1.165) is 30.6 Å². The monoisotopic (exact) mass is 310 g/mol. The summed E-state index contributed by atoms with van der Waals surface area (Å²) in [5, 5.41) is 3.07. The van der Waals surface area contributed by atoms with E-state index in [1.54, 1.807) is 19.5 Å². The molecule has 1 aliphatic rings. The first-order valence-electron chi connectivity index (χ1n) is 8.08. The van der Waals surface area contributed by atoms with E-state index in [4.69, 9.17) is 4.74 Å². The fourth-order valence-electron chi connectivity index (χ4n) is 3.22. The Morgan fingerprint density at radius 2 is 2.30 bits per heavy atom. The number of aryl methyl sites for hydroxylation is 1. The molecule has 3 rings (SSSR count). The van der Waals surface area contributed by atoms with Crippen molar-refractivity contribution >= 4 is 5.91 Å². The first kappa shape index (κ1) is 15.5. The Hall–Kier alpha value is -2.36. The highest BCUT2D eigenvalue weighted by Crippen LogP contribution is 2.33. The van der Waals surface area contributed by atoms with Crippen LogP contribution in [-0.2, 0) is 17.6 Å². The molecule has 0 bridgehead atoms. The highest BCUT2D eigenvalue weighted by Gasteiger charge is 2.21. The van der Waals surface area contributed by atoms with Crippen LogP contribution in [0.2, 0.25) is 0 Å². The minimum Gasteiger partial charge on any atom is -0.497 e. The lowest BCUT2D eigenvalue weighted by atomic mass is 9.82. The van der Waals surface area contributed by atoms with Gasteiger partial charge in [-0.3, -0.25) is 9.78 Å². The van der Waals surface area contributed by atoms with Gasteiger partial charge >= 0.3 is 0 Å². The smallest absolute Gasteiger partial charge is 0.224 e. The fourth-order valence-corrected chi connectivity index (χ4v) is 3.22. The normalized spacial score (nSPS) is 16.5. The number of aromatic nitrogens is 1. The molecule has 120 valence electrons. The summed E-state index contributed by atoms with van der Waals surface area (Å²) in [5.74, 6) is 1.35. The maximum Gasteiger partial charge on any atom is 0.224 e. The van der Waals surface area contributed by atoms with Crippen molar-refractivity contribution in [2.24, 2.45) is 0 Å². The number of pyridine rings is 1. The van der Waals surface area contributed by atoms with Crippen molar-refractivity contribution in [3.05, 3.63) is 59.4 Å². The van der Waals surface area contributed by atoms with Crippen LogP contribution in [0.3, 0.4) is 0 Å². The Bertz CT molecular complexity index is 670. The van der Waals surface area contributed by atoms with E-state index in [0.29, 0.717) is 18.9 Å². The molecular formula is C19H22N2O2. The van der Waals surface area contributed by atoms with Gasteiger partial charge in [-0.1, -0.05) is 12.1 Å². The lowest BCUT2D eigenvalue weighted by Gasteiger charge is -2.26. The Morgan fingerprint density at radius 1 is 1.39 bits per heavy atom. The van der Waals surface area contributed by atoms with Gasteiger partial charge in [0.15, 0.2) is 0 Å². The number of methoxy groups -OCH3 is 1. The summed E-state index contributed by atoms with van der Waals surface area (Å²) in [7, 11) is 1.70. The van der Waals surface area contributed by atoms with Crippen LogP contribution >= 0.6 is 0 Å². The van der Waals surface area contributed by atoms with Gasteiger partial charge in [0.1, 0.15) is 5.75 Å². The minimum atomic E-state index is 0.0543. The van der Waals surface area contributed by atoms with Crippen LogP contribution in [-0.4, -0.2) is 24.5 Å². The minimum absolute atomic E-state index is 0.0543. The molecule has 1 aliphatic carbocycles. The van der Waals surface area contributed by atoms with Crippen LogP contribution in [0.5, 0.6) is 5.75 Å². The lowest BCUT2D eigenvalue weighted by molar-refractivity contribution is -0.120. The third kappa shape index (κ3) is 3.89. The molecule has 1 heterocycles. The molecule has 1 N–H and O–H groups in total. The maximum atomic E-state index is 12.1. The topological polar surface area (TPSA) is 51.2 Å². The molecular weight excluding hydrogens is 288 g/mol. The molecule has 4 nitrogen and oxygen atoms in total. The Kier molecular flexibility index (Phi) is 4.91. The second kappa shape index (κ2) is 7.27. The number of nitrogens with zero attached hydrogens (tertiary/aromatic N) is 1. The Labute approximate surface area is 136 Å². The molecule has 1 amide bonds. The molecule has 4 heteroatoms. The van der Waals surface area contributed by atoms with E-state index < -0.39 is 0 Å². The van der Waals surface area contributed by atoms with Gasteiger partial charge in [-0.15, -0.1) is 0 Å². The zero-order valence-electron chi connectivity index (χ0n) is 13.4. The highest BCUT2D eigenvalue weighted by molar-refractivity contribution is 5.78. The van der Waals surface area contributed by atoms with Crippen molar-refractivity contribution in [1.82, 2.24) is 10.3 Å². The van der Waals surface area contributed by atoms with Crippen LogP contribution in [0.1, 0.15) is 35.4 Å². The second-order valence-electron chi connectivity index (χ2n) is 6.00. The van der Waals surface area contributed by atoms with Crippen LogP contribution in [0.4, 0.5) is 0 Å². The summed E-state index contributed by atoms with van der Waals surface area (Å²) in [6, 6.07) is 10.1. The molecule has 1 aromatic heterocycles. The van der Waals surface area contributed by atoms with E-state index in [9.17, 15) is 4.79 Å². The van der Waals surface area contributed by atoms with Crippen molar-refractivity contribution < 1.29 is 9.53 Å². The predicted molar refractivity (Wildman–Crippen MR) is 89.6 cm³/mol. The number of nitrogens with one attached hydrogen (secondary N) is 1. The van der Waals surface area contributed by atoms with Gasteiger partial charge in [-0.05, 0) is 54.2 Å². The summed E-state index contributed by atoms with van der Waals surface area (Å²) in [4.78, 5) is 16.2. The van der Waals surface area contributed by atoms with Gasteiger partial charge in [0.2, 0.25) is 5.91 Å². The van der Waals surface area contributed by atoms with Crippen molar-refractivity contribution in [3.63, 3.8) is 0 Å². The average molecular weight is 310 g/mol. The largest absolute Gasteiger partial charge is 0.497 e. The number of fused-ring (bicyclic) bond motifs is 1. The number of ether oxygens (including phenoxy) is 1. The molecule has 0 fully saturated rings. The van der Waals surface area contributed by atoms with Gasteiger partial charge in [-0.25, -0.2) is 0 Å². The van der Waals surface area contributed by atoms with Crippen molar-refractivity contribution in [2.45, 2.75) is 31.6 Å². The third-order valence-corrected chi connectivity index (χ3v) is 4.42. The van der Waals surface area contributed by atoms with Crippen LogP contribution < -0.4 is 10.1 Å². The second-order valence-corrected chi connectivity index (χ2v) is 6.00. The molecule has 23 heavy (non-hydrogen) atoms. The van der Waals surface area contributed by atoms with E-state index in [2.05, 4.69) is 22.4 Å². The van der Waals surface area contributed by atoms with E-state index in [1.165, 1.54) is 11.1 Å². The molecule has 0 unspecified atom stereocenters. The molecule has 1 atom stereocenters. The number of amides is 1. The van der Waals surface area contributed by atoms with Crippen molar-refractivity contribution in [1.29, 1.82) is 0 Å². The van der Waals surface area contributed by atoms with E-state index >= 15 is 0 Å². The van der Waals surface area contributed by atoms with Gasteiger partial charge in [0, 0.05) is 24.9 Å². The number of hydrogen-bond acceptors (Lipinski definition) is 3. The quantitative estimate of drug-likeness (QED) is 0.924. The van der Waals surface area contributed by atoms with Crippen LogP contribution in [0.25, 0.3) is 0 Å².